The predicted octanol–water partition coefficient (Wildman–Crippen LogP) is 4.41. The fraction of sp³-hybridized carbons (Fsp3) is 0.455. The normalized spacial score (nSPS) is 26.4. The predicted molar refractivity (Wildman–Crippen MR) is 99.4 cm³/mol. The number of ketones is 1. The van der Waals surface area contributed by atoms with Crippen molar-refractivity contribution in [1.29, 1.82) is 0 Å². The van der Waals surface area contributed by atoms with Crippen molar-refractivity contribution in [2.75, 3.05) is 0 Å². The smallest absolute Gasteiger partial charge is 0.167 e. The third-order valence-corrected chi connectivity index (χ3v) is 5.86. The van der Waals surface area contributed by atoms with Crippen molar-refractivity contribution >= 4 is 5.78 Å². The van der Waals surface area contributed by atoms with E-state index in [-0.39, 0.29) is 5.92 Å². The summed E-state index contributed by atoms with van der Waals surface area (Å²) in [6, 6.07) is 13.8. The molecular weight excluding hydrogens is 308 g/mol. The Balaban J connectivity index is 1.50. The number of hydrogen-bond donors (Lipinski definition) is 0. The van der Waals surface area contributed by atoms with Gasteiger partial charge in [-0.3, -0.25) is 14.7 Å². The minimum absolute atomic E-state index is 0.158. The number of fused-ring (bicyclic) bond motifs is 2. The zero-order valence-electron chi connectivity index (χ0n) is 14.9. The Morgan fingerprint density at radius 1 is 1.12 bits per heavy atom. The van der Waals surface area contributed by atoms with Gasteiger partial charge in [0, 0.05) is 42.5 Å². The number of pyridine rings is 1. The summed E-state index contributed by atoms with van der Waals surface area (Å²) >= 11 is 0. The molecule has 0 saturated carbocycles. The van der Waals surface area contributed by atoms with E-state index in [1.165, 1.54) is 24.8 Å². The molecule has 1 aromatic carbocycles. The zero-order valence-corrected chi connectivity index (χ0v) is 14.9. The fourth-order valence-corrected chi connectivity index (χ4v) is 4.67. The van der Waals surface area contributed by atoms with Gasteiger partial charge >= 0.3 is 0 Å². The molecule has 2 aliphatic rings. The van der Waals surface area contributed by atoms with Crippen LogP contribution in [0.25, 0.3) is 0 Å². The van der Waals surface area contributed by atoms with Crippen LogP contribution in [0.4, 0.5) is 0 Å². The molecule has 2 saturated heterocycles. The van der Waals surface area contributed by atoms with Crippen LogP contribution >= 0.6 is 0 Å². The van der Waals surface area contributed by atoms with E-state index >= 15 is 0 Å². The molecule has 2 fully saturated rings. The van der Waals surface area contributed by atoms with Gasteiger partial charge in [-0.25, -0.2) is 0 Å². The molecule has 2 aliphatic heterocycles. The van der Waals surface area contributed by atoms with Crippen LogP contribution < -0.4 is 0 Å². The number of carbonyl (C=O) groups excluding carboxylic acids is 1. The molecule has 4 rings (SSSR count). The number of nitrogens with zero attached hydrogens (tertiary/aromatic N) is 2. The molecule has 3 heteroatoms. The van der Waals surface area contributed by atoms with Gasteiger partial charge in [-0.05, 0) is 49.8 Å². The topological polar surface area (TPSA) is 33.2 Å². The number of hydrogen-bond acceptors (Lipinski definition) is 3. The van der Waals surface area contributed by atoms with Crippen LogP contribution in [-0.4, -0.2) is 27.8 Å². The summed E-state index contributed by atoms with van der Waals surface area (Å²) in [5.41, 5.74) is 3.24. The van der Waals surface area contributed by atoms with Gasteiger partial charge < -0.3 is 0 Å². The molecule has 0 N–H and O–H groups in total. The van der Waals surface area contributed by atoms with E-state index in [9.17, 15) is 4.79 Å². The van der Waals surface area contributed by atoms with Gasteiger partial charge in [-0.15, -0.1) is 0 Å². The molecule has 0 radical (unpaired) electrons. The van der Waals surface area contributed by atoms with Gasteiger partial charge in [-0.2, -0.15) is 0 Å². The molecule has 2 bridgehead atoms. The molecular formula is C22H26N2O. The van der Waals surface area contributed by atoms with Crippen LogP contribution in [0, 0.1) is 12.8 Å². The monoisotopic (exact) mass is 334 g/mol. The fourth-order valence-electron chi connectivity index (χ4n) is 4.67. The van der Waals surface area contributed by atoms with Gasteiger partial charge in [0.1, 0.15) is 0 Å². The first kappa shape index (κ1) is 16.5. The molecule has 3 heterocycles. The van der Waals surface area contributed by atoms with E-state index in [4.69, 9.17) is 0 Å². The van der Waals surface area contributed by atoms with Gasteiger partial charge in [0.25, 0.3) is 0 Å². The minimum atomic E-state index is 0.158. The molecule has 3 nitrogen and oxygen atoms in total. The highest BCUT2D eigenvalue weighted by molar-refractivity contribution is 5.97. The standard InChI is InChI=1S/C22H26N2O/c1-16-10-19(14-23-13-16)22(25)18-11-20-8-5-9-21(12-18)24(20)15-17-6-3-2-4-7-17/h2-4,6-7,10,13-14,18,20-21H,5,8-9,11-12,15H2,1H3. The Kier molecular flexibility index (Phi) is 4.67. The van der Waals surface area contributed by atoms with Crippen LogP contribution in [-0.2, 0) is 6.54 Å². The second-order valence-electron chi connectivity index (χ2n) is 7.68. The summed E-state index contributed by atoms with van der Waals surface area (Å²) in [4.78, 5) is 19.9. The van der Waals surface area contributed by atoms with Gasteiger partial charge in [-0.1, -0.05) is 36.8 Å². The van der Waals surface area contributed by atoms with Gasteiger partial charge in [0.2, 0.25) is 0 Å². The summed E-state index contributed by atoms with van der Waals surface area (Å²) in [6.07, 6.45) is 9.29. The maximum atomic E-state index is 13.0. The summed E-state index contributed by atoms with van der Waals surface area (Å²) in [5, 5.41) is 0. The Labute approximate surface area is 150 Å². The molecule has 2 aromatic rings. The summed E-state index contributed by atoms with van der Waals surface area (Å²) < 4.78 is 0. The van der Waals surface area contributed by atoms with E-state index in [2.05, 4.69) is 40.2 Å². The average Bonchev–Trinajstić information content (AvgIpc) is 2.62. The van der Waals surface area contributed by atoms with Crippen molar-refractivity contribution in [2.24, 2.45) is 5.92 Å². The Hall–Kier alpha value is -2.00. The highest BCUT2D eigenvalue weighted by Crippen LogP contribution is 2.39. The quantitative estimate of drug-likeness (QED) is 0.777. The van der Waals surface area contributed by atoms with E-state index in [1.807, 2.05) is 19.2 Å². The number of Topliss-reactive ketones (excluding diaryl/α,β-unsaturated/α-hetero) is 1. The molecule has 0 amide bonds. The maximum Gasteiger partial charge on any atom is 0.167 e. The van der Waals surface area contributed by atoms with Crippen molar-refractivity contribution in [3.63, 3.8) is 0 Å². The number of benzene rings is 1. The molecule has 25 heavy (non-hydrogen) atoms. The lowest BCUT2D eigenvalue weighted by atomic mass is 9.75. The first-order valence-electron chi connectivity index (χ1n) is 9.46. The molecule has 2 unspecified atom stereocenters. The van der Waals surface area contributed by atoms with Crippen molar-refractivity contribution in [3.8, 4) is 0 Å². The van der Waals surface area contributed by atoms with Crippen molar-refractivity contribution < 1.29 is 4.79 Å². The van der Waals surface area contributed by atoms with Crippen molar-refractivity contribution in [3.05, 3.63) is 65.5 Å². The van der Waals surface area contributed by atoms with E-state index in [0.717, 1.165) is 30.5 Å². The molecule has 0 aliphatic carbocycles. The minimum Gasteiger partial charge on any atom is -0.294 e. The van der Waals surface area contributed by atoms with Crippen LogP contribution in [0.15, 0.2) is 48.8 Å². The van der Waals surface area contributed by atoms with Crippen LogP contribution in [0.5, 0.6) is 0 Å². The molecule has 1 aromatic heterocycles. The first-order valence-corrected chi connectivity index (χ1v) is 9.46. The first-order chi connectivity index (χ1) is 12.2. The van der Waals surface area contributed by atoms with Crippen molar-refractivity contribution in [1.82, 2.24) is 9.88 Å². The Bertz CT molecular complexity index is 729. The third kappa shape index (κ3) is 3.52. The second-order valence-corrected chi connectivity index (χ2v) is 7.68. The number of piperidine rings is 2. The summed E-state index contributed by atoms with van der Waals surface area (Å²) in [6.45, 7) is 3.02. The highest BCUT2D eigenvalue weighted by Gasteiger charge is 2.40. The number of aromatic nitrogens is 1. The molecule has 0 spiro atoms. The van der Waals surface area contributed by atoms with Crippen LogP contribution in [0.2, 0.25) is 0 Å². The maximum absolute atomic E-state index is 13.0. The molecule has 130 valence electrons. The summed E-state index contributed by atoms with van der Waals surface area (Å²) in [7, 11) is 0. The van der Waals surface area contributed by atoms with Gasteiger partial charge in [0.05, 0.1) is 0 Å². The number of aryl methyl sites for hydroxylation is 1. The van der Waals surface area contributed by atoms with Crippen LogP contribution in [0.1, 0.15) is 53.6 Å². The second kappa shape index (κ2) is 7.09. The van der Waals surface area contributed by atoms with E-state index in [1.54, 1.807) is 6.20 Å². The third-order valence-electron chi connectivity index (χ3n) is 5.86. The lowest BCUT2D eigenvalue weighted by Crippen LogP contribution is -2.52. The number of carbonyl (C=O) groups is 1. The average molecular weight is 334 g/mol. The largest absolute Gasteiger partial charge is 0.294 e. The summed E-state index contributed by atoms with van der Waals surface area (Å²) in [5.74, 6) is 0.457. The van der Waals surface area contributed by atoms with E-state index in [0.29, 0.717) is 17.9 Å². The zero-order chi connectivity index (χ0) is 17.2. The number of rotatable bonds is 4. The highest BCUT2D eigenvalue weighted by atomic mass is 16.1. The Morgan fingerprint density at radius 3 is 2.52 bits per heavy atom. The van der Waals surface area contributed by atoms with Crippen LogP contribution in [0.3, 0.4) is 0 Å². The Morgan fingerprint density at radius 2 is 1.84 bits per heavy atom. The van der Waals surface area contributed by atoms with Gasteiger partial charge in [0.15, 0.2) is 5.78 Å². The molecule has 2 atom stereocenters. The van der Waals surface area contributed by atoms with E-state index < -0.39 is 0 Å². The lowest BCUT2D eigenvalue weighted by Gasteiger charge is -2.48. The SMILES string of the molecule is Cc1cncc(C(=O)C2CC3CCCC(C2)N3Cc2ccccc2)c1. The van der Waals surface area contributed by atoms with Crippen molar-refractivity contribution in [2.45, 2.75) is 57.7 Å². The lowest BCUT2D eigenvalue weighted by molar-refractivity contribution is 0.00905.